The molecule has 4 aromatic carbocycles. The Kier molecular flexibility index (Phi) is 7.04. The molecule has 6 atom stereocenters. The summed E-state index contributed by atoms with van der Waals surface area (Å²) in [5.41, 5.74) is 0.656. The van der Waals surface area contributed by atoms with Gasteiger partial charge in [-0.1, -0.05) is 77.8 Å². The van der Waals surface area contributed by atoms with Crippen LogP contribution in [0.15, 0.2) is 115 Å². The third kappa shape index (κ3) is 4.40. The van der Waals surface area contributed by atoms with Crippen LogP contribution in [0.3, 0.4) is 0 Å². The van der Waals surface area contributed by atoms with Crippen LogP contribution in [0.4, 0.5) is 17.1 Å². The number of halogens is 1. The minimum Gasteiger partial charge on any atom is -0.508 e. The van der Waals surface area contributed by atoms with Gasteiger partial charge in [0, 0.05) is 23.1 Å². The van der Waals surface area contributed by atoms with Crippen molar-refractivity contribution in [1.29, 1.82) is 0 Å². The largest absolute Gasteiger partial charge is 0.508 e. The van der Waals surface area contributed by atoms with Gasteiger partial charge >= 0.3 is 0 Å². The van der Waals surface area contributed by atoms with E-state index < -0.39 is 63.6 Å². The monoisotopic (exact) mass is 673 g/mol. The molecule has 6 unspecified atom stereocenters. The van der Waals surface area contributed by atoms with Crippen LogP contribution in [0.25, 0.3) is 0 Å². The van der Waals surface area contributed by atoms with E-state index in [-0.39, 0.29) is 30.0 Å². The minimum atomic E-state index is -1.46. The number of nitrogens with zero attached hydrogens (tertiary/aromatic N) is 3. The van der Waals surface area contributed by atoms with Gasteiger partial charge in [-0.3, -0.25) is 29.3 Å². The average Bonchev–Trinajstić information content (AvgIpc) is 3.49. The Balaban J connectivity index is 1.33. The van der Waals surface area contributed by atoms with Crippen LogP contribution in [0.1, 0.15) is 29.9 Å². The zero-order chi connectivity index (χ0) is 34.2. The van der Waals surface area contributed by atoms with Crippen LogP contribution in [0.2, 0.25) is 5.02 Å². The molecule has 0 bridgehead atoms. The van der Waals surface area contributed by atoms with Crippen molar-refractivity contribution in [3.05, 3.63) is 141 Å². The lowest BCUT2D eigenvalue weighted by Crippen LogP contribution is -2.53. The number of hydrogen-bond acceptors (Lipinski definition) is 7. The molecule has 1 saturated carbocycles. The molecule has 2 aliphatic carbocycles. The molecule has 3 fully saturated rings. The smallest absolute Gasteiger partial charge is 0.271 e. The maximum atomic E-state index is 15.2. The highest BCUT2D eigenvalue weighted by Gasteiger charge is 2.70. The van der Waals surface area contributed by atoms with Crippen LogP contribution < -0.4 is 9.80 Å². The van der Waals surface area contributed by atoms with Crippen molar-refractivity contribution < 1.29 is 29.2 Å². The maximum Gasteiger partial charge on any atom is 0.271 e. The first-order chi connectivity index (χ1) is 23.6. The molecule has 2 heterocycles. The summed E-state index contributed by atoms with van der Waals surface area (Å²) in [5, 5.41) is 22.6. The SMILES string of the molecule is O=C1C2CC=C3C(CC4C(=O)N(c5cccc(Cl)c5)C(=O)C4(c4ccccc4)C3c3cccc(O)c3)C2C(=O)N1c1cccc([N+](=O)[O-])c1. The summed E-state index contributed by atoms with van der Waals surface area (Å²) in [4.78, 5) is 71.4. The highest BCUT2D eigenvalue weighted by Crippen LogP contribution is 2.64. The van der Waals surface area contributed by atoms with Crippen molar-refractivity contribution in [2.75, 3.05) is 9.80 Å². The van der Waals surface area contributed by atoms with Gasteiger partial charge in [0.1, 0.15) is 5.75 Å². The average molecular weight is 674 g/mol. The number of imide groups is 2. The molecule has 10 nitrogen and oxygen atoms in total. The first-order valence-corrected chi connectivity index (χ1v) is 16.3. The number of fused-ring (bicyclic) bond motifs is 4. The summed E-state index contributed by atoms with van der Waals surface area (Å²) < 4.78 is 0. The Hall–Kier alpha value is -5.61. The number of aromatic hydroxyl groups is 1. The first kappa shape index (κ1) is 30.7. The minimum absolute atomic E-state index is 0.0268. The number of phenols is 1. The third-order valence-corrected chi connectivity index (χ3v) is 10.9. The molecule has 0 radical (unpaired) electrons. The number of carbonyl (C=O) groups is 4. The molecular formula is C38H28ClN3O7. The van der Waals surface area contributed by atoms with E-state index in [0.717, 1.165) is 10.5 Å². The molecular weight excluding hydrogens is 646 g/mol. The van der Waals surface area contributed by atoms with Gasteiger partial charge in [-0.25, -0.2) is 9.80 Å². The van der Waals surface area contributed by atoms with Crippen LogP contribution in [0.5, 0.6) is 5.75 Å². The van der Waals surface area contributed by atoms with Crippen molar-refractivity contribution >= 4 is 52.3 Å². The Morgan fingerprint density at radius 1 is 0.776 bits per heavy atom. The van der Waals surface area contributed by atoms with E-state index in [0.29, 0.717) is 21.8 Å². The van der Waals surface area contributed by atoms with Crippen LogP contribution in [0, 0.1) is 33.8 Å². The number of phenolic OH excluding ortho intramolecular Hbond substituents is 1. The van der Waals surface area contributed by atoms with Gasteiger partial charge in [-0.2, -0.15) is 0 Å². The van der Waals surface area contributed by atoms with E-state index in [2.05, 4.69) is 0 Å². The van der Waals surface area contributed by atoms with Gasteiger partial charge in [0.15, 0.2) is 0 Å². The molecule has 2 aliphatic heterocycles. The highest BCUT2D eigenvalue weighted by molar-refractivity contribution is 6.32. The lowest BCUT2D eigenvalue weighted by Gasteiger charge is -2.50. The summed E-state index contributed by atoms with van der Waals surface area (Å²) in [6.45, 7) is 0. The van der Waals surface area contributed by atoms with E-state index in [4.69, 9.17) is 11.6 Å². The zero-order valence-electron chi connectivity index (χ0n) is 25.8. The number of non-ortho nitro benzene ring substituents is 1. The van der Waals surface area contributed by atoms with Crippen molar-refractivity contribution in [3.63, 3.8) is 0 Å². The number of hydrogen-bond donors (Lipinski definition) is 1. The number of nitro groups is 1. The van der Waals surface area contributed by atoms with E-state index in [1.807, 2.05) is 36.4 Å². The van der Waals surface area contributed by atoms with Crippen molar-refractivity contribution in [3.8, 4) is 5.75 Å². The number of amides is 4. The Morgan fingerprint density at radius 2 is 1.49 bits per heavy atom. The second-order valence-corrected chi connectivity index (χ2v) is 13.4. The van der Waals surface area contributed by atoms with Crippen molar-refractivity contribution in [1.82, 2.24) is 0 Å². The molecule has 8 rings (SSSR count). The Morgan fingerprint density at radius 3 is 2.20 bits per heavy atom. The predicted octanol–water partition coefficient (Wildman–Crippen LogP) is 6.32. The molecule has 49 heavy (non-hydrogen) atoms. The molecule has 2 saturated heterocycles. The summed E-state index contributed by atoms with van der Waals surface area (Å²) in [6.07, 6.45) is 2.21. The number of anilines is 2. The predicted molar refractivity (Wildman–Crippen MR) is 180 cm³/mol. The van der Waals surface area contributed by atoms with Gasteiger partial charge in [0.05, 0.1) is 39.5 Å². The van der Waals surface area contributed by atoms with Gasteiger partial charge in [0.25, 0.3) is 5.69 Å². The fourth-order valence-electron chi connectivity index (χ4n) is 8.82. The fourth-order valence-corrected chi connectivity index (χ4v) is 9.01. The quantitative estimate of drug-likeness (QED) is 0.113. The van der Waals surface area contributed by atoms with Crippen LogP contribution in [-0.2, 0) is 24.6 Å². The number of rotatable bonds is 5. The Bertz CT molecular complexity index is 2130. The number of allylic oxidation sites excluding steroid dienone is 2. The molecule has 244 valence electrons. The van der Waals surface area contributed by atoms with E-state index in [1.165, 1.54) is 35.2 Å². The molecule has 4 amide bonds. The van der Waals surface area contributed by atoms with E-state index in [9.17, 15) is 29.6 Å². The first-order valence-electron chi connectivity index (χ1n) is 15.9. The summed E-state index contributed by atoms with van der Waals surface area (Å²) in [6, 6.07) is 27.7. The van der Waals surface area contributed by atoms with E-state index >= 15 is 4.79 Å². The second kappa shape index (κ2) is 11.2. The molecule has 0 spiro atoms. The topological polar surface area (TPSA) is 138 Å². The van der Waals surface area contributed by atoms with Gasteiger partial charge in [-0.05, 0) is 66.3 Å². The third-order valence-electron chi connectivity index (χ3n) is 10.7. The molecule has 11 heteroatoms. The summed E-state index contributed by atoms with van der Waals surface area (Å²) in [5.74, 6) is -5.89. The molecule has 4 aromatic rings. The van der Waals surface area contributed by atoms with Crippen LogP contribution in [-0.4, -0.2) is 33.7 Å². The zero-order valence-corrected chi connectivity index (χ0v) is 26.6. The normalized spacial score (nSPS) is 27.4. The second-order valence-electron chi connectivity index (χ2n) is 13.0. The molecule has 1 N–H and O–H groups in total. The van der Waals surface area contributed by atoms with Gasteiger partial charge < -0.3 is 5.11 Å². The van der Waals surface area contributed by atoms with Crippen molar-refractivity contribution in [2.45, 2.75) is 24.2 Å². The van der Waals surface area contributed by atoms with Gasteiger partial charge in [0.2, 0.25) is 23.6 Å². The molecule has 0 aromatic heterocycles. The molecule has 4 aliphatic rings. The maximum absolute atomic E-state index is 15.2. The van der Waals surface area contributed by atoms with Gasteiger partial charge in [-0.15, -0.1) is 0 Å². The summed E-state index contributed by atoms with van der Waals surface area (Å²) >= 11 is 6.35. The number of benzene rings is 4. The lowest BCUT2D eigenvalue weighted by atomic mass is 9.49. The standard InChI is InChI=1S/C38H28ClN3O7/c39-23-10-5-11-24(18-23)41-35(45)31-20-30-28(15-16-29-32(30)36(46)40(34(29)44)25-12-6-13-26(19-25)42(48)49)33(21-7-4-14-27(43)17-21)38(31,37(41)47)22-8-2-1-3-9-22/h1-15,17-19,29-33,43H,16,20H2. The van der Waals surface area contributed by atoms with E-state index in [1.54, 1.807) is 42.5 Å². The fraction of sp³-hybridized carbons (Fsp3) is 0.211. The number of nitro benzene ring substituents is 1. The summed E-state index contributed by atoms with van der Waals surface area (Å²) in [7, 11) is 0. The Labute approximate surface area is 285 Å². The van der Waals surface area contributed by atoms with Crippen molar-refractivity contribution in [2.24, 2.45) is 23.7 Å². The lowest BCUT2D eigenvalue weighted by molar-refractivity contribution is -0.384. The highest BCUT2D eigenvalue weighted by atomic mass is 35.5. The number of carbonyl (C=O) groups excluding carboxylic acids is 4. The van der Waals surface area contributed by atoms with Crippen LogP contribution >= 0.6 is 11.6 Å².